The summed E-state index contributed by atoms with van der Waals surface area (Å²) < 4.78 is 5.60. The van der Waals surface area contributed by atoms with Crippen LogP contribution >= 0.6 is 0 Å². The summed E-state index contributed by atoms with van der Waals surface area (Å²) in [6.45, 7) is 2.04. The van der Waals surface area contributed by atoms with Gasteiger partial charge in [0, 0.05) is 5.69 Å². The van der Waals surface area contributed by atoms with E-state index >= 15 is 0 Å². The van der Waals surface area contributed by atoms with E-state index in [9.17, 15) is 4.79 Å². The lowest BCUT2D eigenvalue weighted by Gasteiger charge is -2.40. The van der Waals surface area contributed by atoms with E-state index in [2.05, 4.69) is 5.32 Å². The fourth-order valence-electron chi connectivity index (χ4n) is 3.22. The number of rotatable bonds is 3. The molecule has 4 rings (SSSR count). The van der Waals surface area contributed by atoms with Gasteiger partial charge in [-0.15, -0.1) is 0 Å². The number of carbonyl (C=O) groups is 1. The normalized spacial score (nSPS) is 18.0. The Balaban J connectivity index is 1.80. The van der Waals surface area contributed by atoms with Crippen LogP contribution in [-0.2, 0) is 0 Å². The Morgan fingerprint density at radius 3 is 2.50 bits per heavy atom. The molecule has 1 aliphatic heterocycles. The molecule has 4 nitrogen and oxygen atoms in total. The minimum Gasteiger partial charge on any atom is -0.465 e. The second-order valence-corrected chi connectivity index (χ2v) is 5.91. The van der Waals surface area contributed by atoms with Crippen molar-refractivity contribution in [3.8, 4) is 0 Å². The molecular weight excluding hydrogens is 300 g/mol. The van der Waals surface area contributed by atoms with Crippen molar-refractivity contribution in [2.75, 3.05) is 5.32 Å². The first kappa shape index (κ1) is 14.6. The molecule has 0 unspecified atom stereocenters. The molecule has 0 radical (unpaired) electrons. The molecule has 3 aromatic rings. The Bertz CT molecular complexity index is 843. The smallest absolute Gasteiger partial charge is 0.258 e. The second-order valence-electron chi connectivity index (χ2n) is 5.91. The van der Waals surface area contributed by atoms with Gasteiger partial charge in [0.05, 0.1) is 17.9 Å². The Hall–Kier alpha value is -3.01. The van der Waals surface area contributed by atoms with Gasteiger partial charge in [-0.3, -0.25) is 4.79 Å². The fourth-order valence-corrected chi connectivity index (χ4v) is 3.22. The van der Waals surface area contributed by atoms with Gasteiger partial charge in [0.1, 0.15) is 5.76 Å². The highest BCUT2D eigenvalue weighted by Crippen LogP contribution is 2.38. The molecule has 0 spiro atoms. The summed E-state index contributed by atoms with van der Waals surface area (Å²) in [6.07, 6.45) is 1.30. The van der Waals surface area contributed by atoms with Crippen LogP contribution < -0.4 is 5.32 Å². The Morgan fingerprint density at radius 2 is 1.75 bits per heavy atom. The van der Waals surface area contributed by atoms with Gasteiger partial charge in [-0.2, -0.15) is 0 Å². The number of para-hydroxylation sites is 1. The van der Waals surface area contributed by atoms with Crippen LogP contribution in [0, 0.1) is 0 Å². The van der Waals surface area contributed by atoms with Crippen molar-refractivity contribution in [2.45, 2.75) is 19.1 Å². The summed E-state index contributed by atoms with van der Waals surface area (Å²) in [4.78, 5) is 15.0. The molecule has 1 aromatic heterocycles. The number of amides is 1. The van der Waals surface area contributed by atoms with Crippen molar-refractivity contribution >= 4 is 11.6 Å². The number of benzene rings is 2. The molecule has 0 aliphatic carbocycles. The number of carbonyl (C=O) groups excluding carboxylic acids is 1. The van der Waals surface area contributed by atoms with Crippen LogP contribution in [0.1, 0.15) is 40.8 Å². The molecule has 0 saturated heterocycles. The van der Waals surface area contributed by atoms with Crippen LogP contribution in [0.25, 0.3) is 0 Å². The minimum absolute atomic E-state index is 0.00195. The second kappa shape index (κ2) is 5.89. The fraction of sp³-hybridized carbons (Fsp3) is 0.150. The van der Waals surface area contributed by atoms with Gasteiger partial charge in [-0.1, -0.05) is 42.5 Å². The SMILES string of the molecule is C[C@H](c1ccccc1)N1C(=O)c2ccccc2N[C@H]1c1ccco1. The molecule has 0 saturated carbocycles. The topological polar surface area (TPSA) is 45.5 Å². The zero-order valence-electron chi connectivity index (χ0n) is 13.3. The molecule has 24 heavy (non-hydrogen) atoms. The predicted octanol–water partition coefficient (Wildman–Crippen LogP) is 4.61. The van der Waals surface area contributed by atoms with Gasteiger partial charge in [-0.05, 0) is 36.8 Å². The van der Waals surface area contributed by atoms with Gasteiger partial charge in [0.25, 0.3) is 5.91 Å². The number of nitrogens with one attached hydrogen (secondary N) is 1. The van der Waals surface area contributed by atoms with E-state index in [1.54, 1.807) is 6.26 Å². The van der Waals surface area contributed by atoms with Crippen LogP contribution in [-0.4, -0.2) is 10.8 Å². The number of fused-ring (bicyclic) bond motifs is 1. The largest absolute Gasteiger partial charge is 0.465 e. The van der Waals surface area contributed by atoms with Crippen LogP contribution in [0.4, 0.5) is 5.69 Å². The van der Waals surface area contributed by atoms with Gasteiger partial charge >= 0.3 is 0 Å². The third-order valence-corrected chi connectivity index (χ3v) is 4.47. The van der Waals surface area contributed by atoms with Crippen LogP contribution in [0.5, 0.6) is 0 Å². The van der Waals surface area contributed by atoms with Crippen molar-refractivity contribution in [1.82, 2.24) is 4.90 Å². The highest BCUT2D eigenvalue weighted by Gasteiger charge is 2.37. The first-order valence-corrected chi connectivity index (χ1v) is 8.02. The Morgan fingerprint density at radius 1 is 1.00 bits per heavy atom. The zero-order valence-corrected chi connectivity index (χ0v) is 13.3. The van der Waals surface area contributed by atoms with E-state index in [1.807, 2.05) is 78.6 Å². The Labute approximate surface area is 140 Å². The van der Waals surface area contributed by atoms with Crippen molar-refractivity contribution in [3.05, 3.63) is 89.9 Å². The van der Waals surface area contributed by atoms with Gasteiger partial charge in [0.2, 0.25) is 0 Å². The average Bonchev–Trinajstić information content (AvgIpc) is 3.16. The minimum atomic E-state index is -0.336. The summed E-state index contributed by atoms with van der Waals surface area (Å²) >= 11 is 0. The van der Waals surface area contributed by atoms with E-state index < -0.39 is 0 Å². The molecular formula is C20H18N2O2. The highest BCUT2D eigenvalue weighted by molar-refractivity contribution is 6.01. The maximum Gasteiger partial charge on any atom is 0.258 e. The average molecular weight is 318 g/mol. The Kier molecular flexibility index (Phi) is 3.58. The van der Waals surface area contributed by atoms with E-state index in [0.717, 1.165) is 17.0 Å². The molecule has 1 N–H and O–H groups in total. The molecule has 0 bridgehead atoms. The van der Waals surface area contributed by atoms with Gasteiger partial charge in [-0.25, -0.2) is 0 Å². The summed E-state index contributed by atoms with van der Waals surface area (Å²) in [5.41, 5.74) is 2.60. The van der Waals surface area contributed by atoms with E-state index in [4.69, 9.17) is 4.42 Å². The van der Waals surface area contributed by atoms with Crippen LogP contribution in [0.15, 0.2) is 77.4 Å². The molecule has 1 aliphatic rings. The third-order valence-electron chi connectivity index (χ3n) is 4.47. The monoisotopic (exact) mass is 318 g/mol. The summed E-state index contributed by atoms with van der Waals surface area (Å²) in [7, 11) is 0. The molecule has 2 atom stereocenters. The standard InChI is InChI=1S/C20H18N2O2/c1-14(15-8-3-2-4-9-15)22-19(18-12-7-13-24-18)21-17-11-6-5-10-16(17)20(22)23/h2-14,19,21H,1H3/t14-,19-/m1/s1. The molecule has 2 aromatic carbocycles. The number of hydrogen-bond acceptors (Lipinski definition) is 3. The predicted molar refractivity (Wildman–Crippen MR) is 92.5 cm³/mol. The molecule has 1 amide bonds. The number of furan rings is 1. The zero-order chi connectivity index (χ0) is 16.5. The molecule has 0 fully saturated rings. The lowest BCUT2D eigenvalue weighted by molar-refractivity contribution is 0.0571. The maximum atomic E-state index is 13.2. The van der Waals surface area contributed by atoms with Crippen molar-refractivity contribution in [3.63, 3.8) is 0 Å². The van der Waals surface area contributed by atoms with E-state index in [1.165, 1.54) is 0 Å². The quantitative estimate of drug-likeness (QED) is 0.767. The van der Waals surface area contributed by atoms with E-state index in [0.29, 0.717) is 5.56 Å². The highest BCUT2D eigenvalue weighted by atomic mass is 16.3. The van der Waals surface area contributed by atoms with Crippen molar-refractivity contribution in [2.24, 2.45) is 0 Å². The van der Waals surface area contributed by atoms with Crippen molar-refractivity contribution < 1.29 is 9.21 Å². The van der Waals surface area contributed by atoms with Gasteiger partial charge in [0.15, 0.2) is 6.17 Å². The van der Waals surface area contributed by atoms with E-state index in [-0.39, 0.29) is 18.1 Å². The molecule has 120 valence electrons. The number of nitrogens with zero attached hydrogens (tertiary/aromatic N) is 1. The first-order chi connectivity index (χ1) is 11.8. The third kappa shape index (κ3) is 2.36. The van der Waals surface area contributed by atoms with Crippen molar-refractivity contribution in [1.29, 1.82) is 0 Å². The lowest BCUT2D eigenvalue weighted by Crippen LogP contribution is -2.44. The first-order valence-electron chi connectivity index (χ1n) is 8.02. The summed E-state index contributed by atoms with van der Waals surface area (Å²) in [5.74, 6) is 0.725. The molecule has 2 heterocycles. The van der Waals surface area contributed by atoms with Gasteiger partial charge < -0.3 is 14.6 Å². The molecule has 4 heteroatoms. The maximum absolute atomic E-state index is 13.2. The summed E-state index contributed by atoms with van der Waals surface area (Å²) in [5, 5.41) is 3.44. The number of hydrogen-bond donors (Lipinski definition) is 1. The van der Waals surface area contributed by atoms with Crippen LogP contribution in [0.3, 0.4) is 0 Å². The summed E-state index contributed by atoms with van der Waals surface area (Å²) in [6, 6.07) is 21.3. The number of anilines is 1. The lowest BCUT2D eigenvalue weighted by atomic mass is 10.0. The van der Waals surface area contributed by atoms with Crippen LogP contribution in [0.2, 0.25) is 0 Å².